The van der Waals surface area contributed by atoms with Crippen LogP contribution in [-0.4, -0.2) is 43.3 Å². The number of carbonyl (C=O) groups excluding carboxylic acids is 2. The van der Waals surface area contributed by atoms with Crippen molar-refractivity contribution < 1.29 is 19.1 Å². The Labute approximate surface area is 80.1 Å². The third-order valence-corrected chi connectivity index (χ3v) is 3.06. The average molecular weight is 205 g/mol. The molecule has 0 radical (unpaired) electrons. The van der Waals surface area contributed by atoms with Crippen LogP contribution in [0.2, 0.25) is 0 Å². The highest BCUT2D eigenvalue weighted by Gasteiger charge is 2.51. The molecule has 0 amide bonds. The molecular formula is C7H11NO4S. The number of hydrogen-bond acceptors (Lipinski definition) is 6. The van der Waals surface area contributed by atoms with E-state index in [-0.39, 0.29) is 0 Å². The number of methoxy groups -OCH3 is 2. The molecule has 0 atom stereocenters. The van der Waals surface area contributed by atoms with Gasteiger partial charge in [0.2, 0.25) is 0 Å². The van der Waals surface area contributed by atoms with Gasteiger partial charge >= 0.3 is 11.9 Å². The van der Waals surface area contributed by atoms with Crippen LogP contribution in [0, 0.1) is 0 Å². The van der Waals surface area contributed by atoms with E-state index in [1.54, 1.807) is 0 Å². The quantitative estimate of drug-likeness (QED) is 0.478. The number of hydrogen-bond donors (Lipinski definition) is 1. The lowest BCUT2D eigenvalue weighted by atomic mass is 10.3. The van der Waals surface area contributed by atoms with Crippen molar-refractivity contribution in [1.82, 2.24) is 5.32 Å². The van der Waals surface area contributed by atoms with Crippen molar-refractivity contribution in [1.29, 1.82) is 0 Å². The standard InChI is InChI=1S/C7H11NO4S/c1-11-5(9)7(6(10)12-2)8-3-4-13-7/h8H,3-4H2,1-2H3. The summed E-state index contributed by atoms with van der Waals surface area (Å²) in [4.78, 5) is 21.3. The molecule has 1 aliphatic heterocycles. The zero-order chi connectivity index (χ0) is 9.90. The SMILES string of the molecule is COC(=O)C1(C(=O)OC)NCCS1. The topological polar surface area (TPSA) is 64.6 Å². The number of rotatable bonds is 2. The molecule has 0 unspecified atom stereocenters. The fourth-order valence-corrected chi connectivity index (χ4v) is 2.23. The van der Waals surface area contributed by atoms with Crippen molar-refractivity contribution in [3.63, 3.8) is 0 Å². The first-order chi connectivity index (χ1) is 6.17. The van der Waals surface area contributed by atoms with Gasteiger partial charge in [-0.2, -0.15) is 0 Å². The van der Waals surface area contributed by atoms with E-state index in [1.807, 2.05) is 0 Å². The van der Waals surface area contributed by atoms with Gasteiger partial charge in [0.05, 0.1) is 14.2 Å². The maximum atomic E-state index is 11.3. The van der Waals surface area contributed by atoms with E-state index < -0.39 is 16.8 Å². The van der Waals surface area contributed by atoms with Crippen LogP contribution in [0.4, 0.5) is 0 Å². The van der Waals surface area contributed by atoms with E-state index >= 15 is 0 Å². The maximum Gasteiger partial charge on any atom is 0.348 e. The lowest BCUT2D eigenvalue weighted by Gasteiger charge is -2.21. The van der Waals surface area contributed by atoms with Gasteiger partial charge in [0, 0.05) is 12.3 Å². The fraction of sp³-hybridized carbons (Fsp3) is 0.714. The summed E-state index contributed by atoms with van der Waals surface area (Å²) in [6.45, 7) is 0.592. The number of ether oxygens (including phenoxy) is 2. The lowest BCUT2D eigenvalue weighted by molar-refractivity contribution is -0.157. The van der Waals surface area contributed by atoms with E-state index in [9.17, 15) is 9.59 Å². The van der Waals surface area contributed by atoms with E-state index in [0.29, 0.717) is 12.3 Å². The second-order valence-electron chi connectivity index (χ2n) is 2.44. The highest BCUT2D eigenvalue weighted by molar-refractivity contribution is 8.02. The largest absolute Gasteiger partial charge is 0.467 e. The van der Waals surface area contributed by atoms with E-state index in [1.165, 1.54) is 26.0 Å². The highest BCUT2D eigenvalue weighted by atomic mass is 32.2. The lowest BCUT2D eigenvalue weighted by Crippen LogP contribution is -2.53. The molecule has 1 N–H and O–H groups in total. The van der Waals surface area contributed by atoms with Gasteiger partial charge < -0.3 is 9.47 Å². The Kier molecular flexibility index (Phi) is 3.16. The van der Waals surface area contributed by atoms with Gasteiger partial charge in [-0.3, -0.25) is 5.32 Å². The first-order valence-corrected chi connectivity index (χ1v) is 4.71. The molecular weight excluding hydrogens is 194 g/mol. The molecule has 5 nitrogen and oxygen atoms in total. The molecule has 1 rings (SSSR count). The van der Waals surface area contributed by atoms with Crippen molar-refractivity contribution in [2.45, 2.75) is 4.87 Å². The molecule has 0 aliphatic carbocycles. The summed E-state index contributed by atoms with van der Waals surface area (Å²) in [5.41, 5.74) is 0. The van der Waals surface area contributed by atoms with Crippen LogP contribution in [0.3, 0.4) is 0 Å². The van der Waals surface area contributed by atoms with Crippen LogP contribution in [-0.2, 0) is 19.1 Å². The summed E-state index contributed by atoms with van der Waals surface area (Å²) in [6, 6.07) is 0. The van der Waals surface area contributed by atoms with Crippen LogP contribution >= 0.6 is 11.8 Å². The monoisotopic (exact) mass is 205 g/mol. The third-order valence-electron chi connectivity index (χ3n) is 1.74. The van der Waals surface area contributed by atoms with Crippen molar-refractivity contribution in [2.24, 2.45) is 0 Å². The van der Waals surface area contributed by atoms with Crippen molar-refractivity contribution in [3.8, 4) is 0 Å². The zero-order valence-corrected chi connectivity index (χ0v) is 8.27. The normalized spacial score (nSPS) is 19.5. The summed E-state index contributed by atoms with van der Waals surface area (Å²) in [5, 5.41) is 2.79. The molecule has 74 valence electrons. The maximum absolute atomic E-state index is 11.3. The summed E-state index contributed by atoms with van der Waals surface area (Å²) in [5.74, 6) is -0.534. The molecule has 1 heterocycles. The summed E-state index contributed by atoms with van der Waals surface area (Å²) in [7, 11) is 2.49. The minimum atomic E-state index is -1.34. The Bertz CT molecular complexity index is 207. The zero-order valence-electron chi connectivity index (χ0n) is 7.46. The molecule has 1 saturated heterocycles. The molecule has 0 spiro atoms. The minimum Gasteiger partial charge on any atom is -0.467 e. The van der Waals surface area contributed by atoms with Crippen LogP contribution in [0.5, 0.6) is 0 Å². The van der Waals surface area contributed by atoms with Crippen LogP contribution in [0.15, 0.2) is 0 Å². The Morgan fingerprint density at radius 3 is 2.15 bits per heavy atom. The molecule has 0 bridgehead atoms. The van der Waals surface area contributed by atoms with E-state index in [4.69, 9.17) is 0 Å². The van der Waals surface area contributed by atoms with Crippen LogP contribution < -0.4 is 5.32 Å². The molecule has 0 aromatic carbocycles. The van der Waals surface area contributed by atoms with Crippen molar-refractivity contribution in [3.05, 3.63) is 0 Å². The second-order valence-corrected chi connectivity index (χ2v) is 3.75. The van der Waals surface area contributed by atoms with Gasteiger partial charge in [-0.05, 0) is 0 Å². The van der Waals surface area contributed by atoms with Gasteiger partial charge in [-0.1, -0.05) is 0 Å². The minimum absolute atomic E-state index is 0.592. The first-order valence-electron chi connectivity index (χ1n) is 3.73. The van der Waals surface area contributed by atoms with Gasteiger partial charge in [0.15, 0.2) is 0 Å². The van der Waals surface area contributed by atoms with Gasteiger partial charge in [0.1, 0.15) is 0 Å². The number of nitrogens with one attached hydrogen (secondary N) is 1. The molecule has 0 aromatic heterocycles. The Morgan fingerprint density at radius 1 is 1.31 bits per heavy atom. The Morgan fingerprint density at radius 2 is 1.85 bits per heavy atom. The second kappa shape index (κ2) is 3.97. The Balaban J connectivity index is 2.86. The molecule has 13 heavy (non-hydrogen) atoms. The van der Waals surface area contributed by atoms with Gasteiger partial charge in [-0.25, -0.2) is 9.59 Å². The molecule has 6 heteroatoms. The molecule has 1 aliphatic rings. The number of esters is 2. The van der Waals surface area contributed by atoms with E-state index in [2.05, 4.69) is 14.8 Å². The predicted molar refractivity (Wildman–Crippen MR) is 47.2 cm³/mol. The van der Waals surface area contributed by atoms with Gasteiger partial charge in [0.25, 0.3) is 4.87 Å². The molecule has 0 saturated carbocycles. The Hall–Kier alpha value is -0.750. The third kappa shape index (κ3) is 1.64. The summed E-state index contributed by atoms with van der Waals surface area (Å²) < 4.78 is 9.07. The van der Waals surface area contributed by atoms with Crippen LogP contribution in [0.1, 0.15) is 0 Å². The average Bonchev–Trinajstić information content (AvgIpc) is 2.65. The van der Waals surface area contributed by atoms with E-state index in [0.717, 1.165) is 0 Å². The van der Waals surface area contributed by atoms with Crippen molar-refractivity contribution >= 4 is 23.7 Å². The molecule has 0 aromatic rings. The summed E-state index contributed by atoms with van der Waals surface area (Å²) >= 11 is 1.19. The van der Waals surface area contributed by atoms with Gasteiger partial charge in [-0.15, -0.1) is 11.8 Å². The fourth-order valence-electron chi connectivity index (χ4n) is 1.12. The summed E-state index contributed by atoms with van der Waals surface area (Å²) in [6.07, 6.45) is 0. The first kappa shape index (κ1) is 10.3. The highest BCUT2D eigenvalue weighted by Crippen LogP contribution is 2.29. The smallest absolute Gasteiger partial charge is 0.348 e. The predicted octanol–water partition coefficient (Wildman–Crippen LogP) is -0.635. The number of thioether (sulfide) groups is 1. The number of carbonyl (C=O) groups is 2. The van der Waals surface area contributed by atoms with Crippen LogP contribution in [0.25, 0.3) is 0 Å². The molecule has 1 fully saturated rings. The van der Waals surface area contributed by atoms with Crippen molar-refractivity contribution in [2.75, 3.05) is 26.5 Å².